The van der Waals surface area contributed by atoms with Crippen molar-refractivity contribution in [2.75, 3.05) is 6.54 Å². The van der Waals surface area contributed by atoms with Crippen molar-refractivity contribution in [3.8, 4) is 5.95 Å². The fourth-order valence-electron chi connectivity index (χ4n) is 2.93. The first-order valence-corrected chi connectivity index (χ1v) is 9.06. The summed E-state index contributed by atoms with van der Waals surface area (Å²) in [4.78, 5) is 21.2. The van der Waals surface area contributed by atoms with Crippen molar-refractivity contribution in [1.29, 1.82) is 0 Å². The van der Waals surface area contributed by atoms with Crippen molar-refractivity contribution in [1.82, 2.24) is 25.1 Å². The SMILES string of the molecule is CCCCCCNC(=O)Cc1c(C)nn(-c2nc(C)cc(C)n2)c1C. The summed E-state index contributed by atoms with van der Waals surface area (Å²) in [5, 5.41) is 7.55. The van der Waals surface area contributed by atoms with E-state index < -0.39 is 0 Å². The average Bonchev–Trinajstić information content (AvgIpc) is 2.82. The molecule has 6 heteroatoms. The molecule has 1 amide bonds. The number of rotatable bonds is 8. The molecule has 0 bridgehead atoms. The zero-order chi connectivity index (χ0) is 18.4. The summed E-state index contributed by atoms with van der Waals surface area (Å²) in [7, 11) is 0. The zero-order valence-electron chi connectivity index (χ0n) is 16.0. The third kappa shape index (κ3) is 5.11. The highest BCUT2D eigenvalue weighted by atomic mass is 16.1. The Kier molecular flexibility index (Phi) is 6.67. The molecule has 0 spiro atoms. The van der Waals surface area contributed by atoms with E-state index in [0.29, 0.717) is 12.4 Å². The van der Waals surface area contributed by atoms with Gasteiger partial charge in [0, 0.05) is 29.2 Å². The second-order valence-corrected chi connectivity index (χ2v) is 6.60. The summed E-state index contributed by atoms with van der Waals surface area (Å²) < 4.78 is 1.74. The van der Waals surface area contributed by atoms with Gasteiger partial charge in [-0.3, -0.25) is 4.79 Å². The van der Waals surface area contributed by atoms with E-state index in [0.717, 1.165) is 47.7 Å². The molecule has 25 heavy (non-hydrogen) atoms. The average molecular weight is 343 g/mol. The van der Waals surface area contributed by atoms with E-state index in [9.17, 15) is 4.79 Å². The zero-order valence-corrected chi connectivity index (χ0v) is 16.0. The van der Waals surface area contributed by atoms with Crippen molar-refractivity contribution in [2.24, 2.45) is 0 Å². The second-order valence-electron chi connectivity index (χ2n) is 6.60. The van der Waals surface area contributed by atoms with Gasteiger partial charge < -0.3 is 5.32 Å². The van der Waals surface area contributed by atoms with E-state index in [1.165, 1.54) is 12.8 Å². The van der Waals surface area contributed by atoms with Crippen LogP contribution >= 0.6 is 0 Å². The largest absolute Gasteiger partial charge is 0.356 e. The Bertz CT molecular complexity index is 715. The Hall–Kier alpha value is -2.24. The summed E-state index contributed by atoms with van der Waals surface area (Å²) in [6.07, 6.45) is 4.96. The van der Waals surface area contributed by atoms with E-state index in [1.54, 1.807) is 4.68 Å². The van der Waals surface area contributed by atoms with Crippen LogP contribution in [0.5, 0.6) is 0 Å². The van der Waals surface area contributed by atoms with E-state index >= 15 is 0 Å². The van der Waals surface area contributed by atoms with Gasteiger partial charge in [0.25, 0.3) is 5.95 Å². The quantitative estimate of drug-likeness (QED) is 0.747. The first-order valence-electron chi connectivity index (χ1n) is 9.06. The number of aromatic nitrogens is 4. The molecule has 0 fully saturated rings. The van der Waals surface area contributed by atoms with Gasteiger partial charge in [-0.1, -0.05) is 26.2 Å². The molecule has 0 atom stereocenters. The Balaban J connectivity index is 2.07. The molecule has 0 aliphatic heterocycles. The topological polar surface area (TPSA) is 72.7 Å². The molecule has 2 aromatic rings. The third-order valence-electron chi connectivity index (χ3n) is 4.29. The predicted molar refractivity (Wildman–Crippen MR) is 99.0 cm³/mol. The molecular formula is C19H29N5O. The number of nitrogens with one attached hydrogen (secondary N) is 1. The molecule has 0 aromatic carbocycles. The fourth-order valence-corrected chi connectivity index (χ4v) is 2.93. The van der Waals surface area contributed by atoms with Crippen molar-refractivity contribution in [3.05, 3.63) is 34.4 Å². The molecule has 2 rings (SSSR count). The minimum Gasteiger partial charge on any atom is -0.356 e. The minimum absolute atomic E-state index is 0.0450. The van der Waals surface area contributed by atoms with Crippen molar-refractivity contribution in [2.45, 2.75) is 66.7 Å². The lowest BCUT2D eigenvalue weighted by atomic mass is 10.1. The van der Waals surface area contributed by atoms with E-state index in [4.69, 9.17) is 0 Å². The number of carbonyl (C=O) groups excluding carboxylic acids is 1. The minimum atomic E-state index is 0.0450. The fraction of sp³-hybridized carbons (Fsp3) is 0.579. The molecule has 6 nitrogen and oxygen atoms in total. The summed E-state index contributed by atoms with van der Waals surface area (Å²) in [5.41, 5.74) is 4.53. The first kappa shape index (κ1) is 19.1. The highest BCUT2D eigenvalue weighted by molar-refractivity contribution is 5.79. The van der Waals surface area contributed by atoms with Crippen LogP contribution in [0.25, 0.3) is 5.95 Å². The maximum absolute atomic E-state index is 12.2. The number of hydrogen-bond acceptors (Lipinski definition) is 4. The van der Waals surface area contributed by atoms with Gasteiger partial charge in [0.05, 0.1) is 12.1 Å². The van der Waals surface area contributed by atoms with E-state index in [1.807, 2.05) is 33.8 Å². The molecular weight excluding hydrogens is 314 g/mol. The summed E-state index contributed by atoms with van der Waals surface area (Å²) >= 11 is 0. The Morgan fingerprint density at radius 2 is 1.76 bits per heavy atom. The normalized spacial score (nSPS) is 10.9. The third-order valence-corrected chi connectivity index (χ3v) is 4.29. The van der Waals surface area contributed by atoms with Crippen LogP contribution in [0.3, 0.4) is 0 Å². The van der Waals surface area contributed by atoms with Crippen molar-refractivity contribution < 1.29 is 4.79 Å². The molecule has 2 aromatic heterocycles. The van der Waals surface area contributed by atoms with Gasteiger partial charge in [-0.25, -0.2) is 14.6 Å². The van der Waals surface area contributed by atoms with Crippen LogP contribution < -0.4 is 5.32 Å². The lowest BCUT2D eigenvalue weighted by Gasteiger charge is -2.07. The monoisotopic (exact) mass is 343 g/mol. The van der Waals surface area contributed by atoms with Crippen LogP contribution in [0.4, 0.5) is 0 Å². The molecule has 0 unspecified atom stereocenters. The standard InChI is InChI=1S/C19H29N5O/c1-6-7-8-9-10-20-18(25)12-17-15(4)23-24(16(17)5)19-21-13(2)11-14(3)22-19/h11H,6-10,12H2,1-5H3,(H,20,25). The summed E-state index contributed by atoms with van der Waals surface area (Å²) in [5.74, 6) is 0.605. The second kappa shape index (κ2) is 8.74. The molecule has 0 saturated heterocycles. The van der Waals surface area contributed by atoms with Gasteiger partial charge in [-0.2, -0.15) is 5.10 Å². The van der Waals surface area contributed by atoms with Gasteiger partial charge in [-0.15, -0.1) is 0 Å². The van der Waals surface area contributed by atoms with Crippen molar-refractivity contribution in [3.63, 3.8) is 0 Å². The van der Waals surface area contributed by atoms with Crippen LogP contribution in [0.1, 0.15) is 60.9 Å². The number of aryl methyl sites for hydroxylation is 3. The number of amides is 1. The molecule has 0 aliphatic carbocycles. The first-order chi connectivity index (χ1) is 11.9. The van der Waals surface area contributed by atoms with Gasteiger partial charge in [0.1, 0.15) is 0 Å². The summed E-state index contributed by atoms with van der Waals surface area (Å²) in [6.45, 7) is 10.7. The smallest absolute Gasteiger partial charge is 0.251 e. The summed E-state index contributed by atoms with van der Waals surface area (Å²) in [6, 6.07) is 1.93. The van der Waals surface area contributed by atoms with Gasteiger partial charge >= 0.3 is 0 Å². The predicted octanol–water partition coefficient (Wildman–Crippen LogP) is 3.13. The maximum Gasteiger partial charge on any atom is 0.251 e. The van der Waals surface area contributed by atoms with Crippen molar-refractivity contribution >= 4 is 5.91 Å². The highest BCUT2D eigenvalue weighted by Crippen LogP contribution is 2.17. The van der Waals surface area contributed by atoms with Gasteiger partial charge in [0.2, 0.25) is 5.91 Å². The Morgan fingerprint density at radius 3 is 2.40 bits per heavy atom. The van der Waals surface area contributed by atoms with Crippen LogP contribution in [-0.2, 0) is 11.2 Å². The molecule has 2 heterocycles. The molecule has 0 radical (unpaired) electrons. The van der Waals surface area contributed by atoms with E-state index in [-0.39, 0.29) is 5.91 Å². The maximum atomic E-state index is 12.2. The lowest BCUT2D eigenvalue weighted by Crippen LogP contribution is -2.26. The Labute approximate surface area is 150 Å². The lowest BCUT2D eigenvalue weighted by molar-refractivity contribution is -0.120. The number of unbranched alkanes of at least 4 members (excludes halogenated alkanes) is 3. The molecule has 0 saturated carbocycles. The molecule has 1 N–H and O–H groups in total. The van der Waals surface area contributed by atoms with Gasteiger partial charge in [-0.05, 0) is 40.2 Å². The molecule has 136 valence electrons. The van der Waals surface area contributed by atoms with E-state index in [2.05, 4.69) is 27.3 Å². The van der Waals surface area contributed by atoms with Crippen LogP contribution in [0, 0.1) is 27.7 Å². The van der Waals surface area contributed by atoms with Crippen LogP contribution in [-0.4, -0.2) is 32.2 Å². The number of carbonyl (C=O) groups is 1. The number of nitrogens with zero attached hydrogens (tertiary/aromatic N) is 4. The molecule has 0 aliphatic rings. The number of hydrogen-bond donors (Lipinski definition) is 1. The van der Waals surface area contributed by atoms with Crippen LogP contribution in [0.2, 0.25) is 0 Å². The Morgan fingerprint density at radius 1 is 1.08 bits per heavy atom. The van der Waals surface area contributed by atoms with Crippen LogP contribution in [0.15, 0.2) is 6.07 Å². The van der Waals surface area contributed by atoms with Gasteiger partial charge in [0.15, 0.2) is 0 Å². The highest BCUT2D eigenvalue weighted by Gasteiger charge is 2.17.